The monoisotopic (exact) mass is 944 g/mol. The lowest BCUT2D eigenvalue weighted by Crippen LogP contribution is -2.47. The van der Waals surface area contributed by atoms with E-state index < -0.39 is 28.3 Å². The summed E-state index contributed by atoms with van der Waals surface area (Å²) in [5.74, 6) is -0.325. The second-order valence-electron chi connectivity index (χ2n) is 18.9. The van der Waals surface area contributed by atoms with Crippen molar-refractivity contribution in [2.75, 3.05) is 19.6 Å². The topological polar surface area (TPSA) is 117 Å². The van der Waals surface area contributed by atoms with Crippen LogP contribution in [0.1, 0.15) is 144 Å². The fraction of sp³-hybridized carbons (Fsp3) is 0.466. The zero-order valence-electron chi connectivity index (χ0n) is 41.1. The van der Waals surface area contributed by atoms with Crippen molar-refractivity contribution in [1.29, 1.82) is 0 Å². The summed E-state index contributed by atoms with van der Waals surface area (Å²) in [6, 6.07) is 39.5. The van der Waals surface area contributed by atoms with Crippen LogP contribution in [0.15, 0.2) is 132 Å². The number of amides is 1. The Kier molecular flexibility index (Phi) is 21.3. The third kappa shape index (κ3) is 16.2. The Bertz CT molecular complexity index is 2340. The lowest BCUT2D eigenvalue weighted by atomic mass is 9.89. The fourth-order valence-corrected chi connectivity index (χ4v) is 10.4. The molecule has 0 unspecified atom stereocenters. The lowest BCUT2D eigenvalue weighted by molar-refractivity contribution is -0.276. The summed E-state index contributed by atoms with van der Waals surface area (Å²) in [5, 5.41) is 12.8. The molecule has 10 heteroatoms. The van der Waals surface area contributed by atoms with Crippen LogP contribution in [0.5, 0.6) is 0 Å². The molecule has 68 heavy (non-hydrogen) atoms. The van der Waals surface area contributed by atoms with E-state index in [0.717, 1.165) is 64.1 Å². The molecule has 1 heterocycles. The number of benzene rings is 5. The van der Waals surface area contributed by atoms with E-state index in [-0.39, 0.29) is 42.6 Å². The summed E-state index contributed by atoms with van der Waals surface area (Å²) < 4.78 is 43.6. The molecule has 5 aromatic rings. The minimum absolute atomic E-state index is 0.00717. The summed E-state index contributed by atoms with van der Waals surface area (Å²) in [6.45, 7) is 11.9. The first-order chi connectivity index (χ1) is 33.1. The maximum atomic E-state index is 13.9. The smallest absolute Gasteiger partial charge is 0.241 e. The number of sulfonamides is 1. The van der Waals surface area contributed by atoms with E-state index in [1.807, 2.05) is 67.6 Å². The molecule has 0 aromatic heterocycles. The summed E-state index contributed by atoms with van der Waals surface area (Å²) in [7, 11) is -3.97. The number of unbranched alkanes of at least 4 members (excludes halogenated alkanes) is 10. The average Bonchev–Trinajstić information content (AvgIpc) is 3.36. The summed E-state index contributed by atoms with van der Waals surface area (Å²) >= 11 is 0. The number of hydrogen-bond acceptors (Lipinski definition) is 7. The van der Waals surface area contributed by atoms with Gasteiger partial charge in [-0.1, -0.05) is 194 Å². The van der Waals surface area contributed by atoms with Crippen LogP contribution in [0, 0.1) is 12.8 Å². The number of ether oxygens (including phenoxy) is 2. The van der Waals surface area contributed by atoms with E-state index in [9.17, 15) is 18.3 Å². The van der Waals surface area contributed by atoms with Gasteiger partial charge in [0.2, 0.25) is 15.9 Å². The van der Waals surface area contributed by atoms with Gasteiger partial charge in [0.1, 0.15) is 6.04 Å². The number of aliphatic hydroxyl groups is 1. The summed E-state index contributed by atoms with van der Waals surface area (Å²) in [5.41, 5.74) is 7.50. The van der Waals surface area contributed by atoms with E-state index >= 15 is 0 Å². The normalized spacial score (nSPS) is 17.9. The van der Waals surface area contributed by atoms with E-state index in [0.29, 0.717) is 0 Å². The first kappa shape index (κ1) is 52.7. The number of nitrogens with zero attached hydrogens (tertiary/aromatic N) is 1. The molecule has 9 nitrogen and oxygen atoms in total. The zero-order chi connectivity index (χ0) is 48.1. The lowest BCUT2D eigenvalue weighted by Gasteiger charge is -2.43. The molecule has 0 saturated carbocycles. The van der Waals surface area contributed by atoms with Crippen LogP contribution < -0.4 is 10.0 Å². The predicted molar refractivity (Wildman–Crippen MR) is 275 cm³/mol. The van der Waals surface area contributed by atoms with Gasteiger partial charge >= 0.3 is 0 Å². The summed E-state index contributed by atoms with van der Waals surface area (Å²) in [4.78, 5) is 16.6. The van der Waals surface area contributed by atoms with Gasteiger partial charge in [0.05, 0.1) is 23.7 Å². The van der Waals surface area contributed by atoms with Crippen molar-refractivity contribution in [3.8, 4) is 11.1 Å². The molecule has 0 aliphatic carbocycles. The Morgan fingerprint density at radius 2 is 1.26 bits per heavy atom. The molecule has 0 spiro atoms. The van der Waals surface area contributed by atoms with Crippen LogP contribution in [0.4, 0.5) is 0 Å². The highest BCUT2D eigenvalue weighted by Crippen LogP contribution is 2.42. The first-order valence-electron chi connectivity index (χ1n) is 25.4. The van der Waals surface area contributed by atoms with Gasteiger partial charge in [-0.2, -0.15) is 4.72 Å². The largest absolute Gasteiger partial charge is 0.392 e. The SMILES string of the molecule is CCCCCCCCN(CCCCCCCC)C[C@@H]1O[C@H](c2cccc(-c3cccc(CNC(=O)[C@@H](Cc4ccccc4)NS(=O)(=O)c4ccc(C)cc4)c3)c2)O[C@H](c2ccc(CO)cc2)[C@@H]1C. The Morgan fingerprint density at radius 3 is 1.91 bits per heavy atom. The third-order valence-corrected chi connectivity index (χ3v) is 14.8. The minimum atomic E-state index is -3.97. The number of rotatable bonds is 28. The van der Waals surface area contributed by atoms with Crippen LogP contribution in [-0.2, 0) is 43.9 Å². The van der Waals surface area contributed by atoms with E-state index in [4.69, 9.17) is 9.47 Å². The number of aryl methyl sites for hydroxylation is 1. The molecule has 5 atom stereocenters. The second kappa shape index (κ2) is 27.5. The number of carbonyl (C=O) groups excluding carboxylic acids is 1. The van der Waals surface area contributed by atoms with E-state index in [1.54, 1.807) is 24.3 Å². The minimum Gasteiger partial charge on any atom is -0.392 e. The van der Waals surface area contributed by atoms with Crippen molar-refractivity contribution in [2.24, 2.45) is 5.92 Å². The van der Waals surface area contributed by atoms with Gasteiger partial charge in [0, 0.05) is 24.6 Å². The molecule has 1 fully saturated rings. The average molecular weight is 944 g/mol. The van der Waals surface area contributed by atoms with Crippen molar-refractivity contribution < 1.29 is 27.8 Å². The van der Waals surface area contributed by atoms with Gasteiger partial charge < -0.3 is 24.8 Å². The molecule has 0 bridgehead atoms. The Balaban J connectivity index is 1.18. The highest BCUT2D eigenvalue weighted by atomic mass is 32.2. The number of hydrogen-bond donors (Lipinski definition) is 3. The van der Waals surface area contributed by atoms with Crippen LogP contribution in [-0.4, -0.2) is 56.1 Å². The molecule has 366 valence electrons. The van der Waals surface area contributed by atoms with Crippen LogP contribution in [0.3, 0.4) is 0 Å². The highest BCUT2D eigenvalue weighted by Gasteiger charge is 2.39. The van der Waals surface area contributed by atoms with Gasteiger partial charge in [-0.3, -0.25) is 4.79 Å². The van der Waals surface area contributed by atoms with Crippen molar-refractivity contribution in [3.63, 3.8) is 0 Å². The molecule has 1 amide bonds. The highest BCUT2D eigenvalue weighted by molar-refractivity contribution is 7.89. The molecule has 1 saturated heterocycles. The number of aliphatic hydroxyl groups excluding tert-OH is 1. The van der Waals surface area contributed by atoms with E-state index in [2.05, 4.69) is 78.2 Å². The van der Waals surface area contributed by atoms with Crippen molar-refractivity contribution in [3.05, 3.63) is 161 Å². The second-order valence-corrected chi connectivity index (χ2v) is 20.6. The maximum Gasteiger partial charge on any atom is 0.241 e. The maximum absolute atomic E-state index is 13.9. The molecular formula is C58H77N3O6S. The van der Waals surface area contributed by atoms with Gasteiger partial charge in [0.25, 0.3) is 0 Å². The number of nitrogens with one attached hydrogen (secondary N) is 2. The standard InChI is InChI=1S/C58H77N3O6S/c1-5-7-9-11-13-18-36-61(37-19-14-12-10-8-6-2)42-55-45(4)56(49-32-30-47(43-62)31-33-49)67-58(66-55)52-27-21-26-51(40-52)50-25-20-24-48(38-50)41-59-57(63)54(39-46-22-16-15-17-23-46)60-68(64,65)53-34-28-44(3)29-35-53/h15-17,20-35,38,40,45,54-56,58,60,62H,5-14,18-19,36-37,39,41-43H2,1-4H3,(H,59,63)/t45-,54-,55+,56+,58+/m1/s1. The molecule has 1 aliphatic rings. The fourth-order valence-electron chi connectivity index (χ4n) is 9.16. The molecule has 3 N–H and O–H groups in total. The Hall–Kier alpha value is -4.68. The van der Waals surface area contributed by atoms with Crippen LogP contribution >= 0.6 is 0 Å². The quantitative estimate of drug-likeness (QED) is 0.0428. The first-order valence-corrected chi connectivity index (χ1v) is 26.9. The zero-order valence-corrected chi connectivity index (χ0v) is 41.9. The molecule has 1 aliphatic heterocycles. The van der Waals surface area contributed by atoms with Crippen LogP contribution in [0.25, 0.3) is 11.1 Å². The van der Waals surface area contributed by atoms with Crippen molar-refractivity contribution >= 4 is 15.9 Å². The number of carbonyl (C=O) groups is 1. The molecule has 5 aromatic carbocycles. The van der Waals surface area contributed by atoms with Gasteiger partial charge in [-0.05, 0) is 96.9 Å². The molecular weight excluding hydrogens is 867 g/mol. The third-order valence-electron chi connectivity index (χ3n) is 13.3. The predicted octanol–water partition coefficient (Wildman–Crippen LogP) is 12.2. The van der Waals surface area contributed by atoms with E-state index in [1.165, 1.54) is 77.0 Å². The van der Waals surface area contributed by atoms with Gasteiger partial charge in [0.15, 0.2) is 6.29 Å². The van der Waals surface area contributed by atoms with Crippen molar-refractivity contribution in [2.45, 2.75) is 154 Å². The summed E-state index contributed by atoms with van der Waals surface area (Å²) in [6.07, 6.45) is 14.5. The molecule has 6 rings (SSSR count). The van der Waals surface area contributed by atoms with Crippen molar-refractivity contribution in [1.82, 2.24) is 14.9 Å². The molecule has 0 radical (unpaired) electrons. The van der Waals surface area contributed by atoms with Gasteiger partial charge in [-0.25, -0.2) is 8.42 Å². The Morgan fingerprint density at radius 1 is 0.662 bits per heavy atom. The van der Waals surface area contributed by atoms with Crippen LogP contribution in [0.2, 0.25) is 0 Å². The Labute approximate surface area is 408 Å². The van der Waals surface area contributed by atoms with Gasteiger partial charge in [-0.15, -0.1) is 0 Å².